The molecule has 2 amide bonds. The highest BCUT2D eigenvalue weighted by Gasteiger charge is 1.98. The number of nitrogens with one attached hydrogen (secondary N) is 1. The van der Waals surface area contributed by atoms with Gasteiger partial charge in [-0.2, -0.15) is 5.10 Å². The number of thiophene rings is 1. The number of hydrazone groups is 1. The topological polar surface area (TPSA) is 67.5 Å². The van der Waals surface area contributed by atoms with Crippen molar-refractivity contribution in [2.75, 3.05) is 0 Å². The Hall–Kier alpha value is -1.36. The average Bonchev–Trinajstić information content (AvgIpc) is 2.29. The second-order valence-electron chi connectivity index (χ2n) is 2.60. The normalized spacial score (nSPS) is 10.6. The fraction of sp³-hybridized carbons (Fsp3) is 0.250. The van der Waals surface area contributed by atoms with E-state index in [1.807, 2.05) is 19.9 Å². The summed E-state index contributed by atoms with van der Waals surface area (Å²) in [6.45, 7) is 4.03. The van der Waals surface area contributed by atoms with Gasteiger partial charge in [-0.05, 0) is 19.9 Å². The highest BCUT2D eigenvalue weighted by atomic mass is 32.1. The fourth-order valence-electron chi connectivity index (χ4n) is 0.944. The van der Waals surface area contributed by atoms with E-state index in [1.54, 1.807) is 17.6 Å². The van der Waals surface area contributed by atoms with Crippen molar-refractivity contribution in [2.45, 2.75) is 13.8 Å². The number of urea groups is 1. The summed E-state index contributed by atoms with van der Waals surface area (Å²) in [5.74, 6) is 0. The summed E-state index contributed by atoms with van der Waals surface area (Å²) in [6.07, 6.45) is 1.59. The molecule has 0 fully saturated rings. The van der Waals surface area contributed by atoms with Crippen LogP contribution in [0.2, 0.25) is 0 Å². The quantitative estimate of drug-likeness (QED) is 0.545. The molecule has 1 aromatic rings. The highest BCUT2D eigenvalue weighted by molar-refractivity contribution is 7.12. The van der Waals surface area contributed by atoms with Crippen molar-refractivity contribution in [1.29, 1.82) is 0 Å². The molecule has 0 atom stereocenters. The van der Waals surface area contributed by atoms with Gasteiger partial charge in [0.2, 0.25) is 0 Å². The van der Waals surface area contributed by atoms with E-state index < -0.39 is 6.03 Å². The number of primary amides is 1. The Balaban J connectivity index is 2.68. The zero-order chi connectivity index (χ0) is 9.84. The molecule has 0 saturated carbocycles. The van der Waals surface area contributed by atoms with Crippen molar-refractivity contribution in [2.24, 2.45) is 10.8 Å². The lowest BCUT2D eigenvalue weighted by Crippen LogP contribution is -2.24. The van der Waals surface area contributed by atoms with Gasteiger partial charge in [0.1, 0.15) is 0 Å². The number of amides is 2. The lowest BCUT2D eigenvalue weighted by molar-refractivity contribution is 0.249. The lowest BCUT2D eigenvalue weighted by Gasteiger charge is -1.90. The SMILES string of the molecule is Cc1cc(/C=N/NC(N)=O)c(C)s1. The molecule has 0 aliphatic rings. The van der Waals surface area contributed by atoms with Gasteiger partial charge in [-0.25, -0.2) is 10.2 Å². The first-order valence-electron chi connectivity index (χ1n) is 3.75. The molecule has 0 unspecified atom stereocenters. The summed E-state index contributed by atoms with van der Waals surface area (Å²) in [7, 11) is 0. The third-order valence-electron chi connectivity index (χ3n) is 1.46. The van der Waals surface area contributed by atoms with Gasteiger partial charge >= 0.3 is 6.03 Å². The van der Waals surface area contributed by atoms with Crippen LogP contribution < -0.4 is 11.2 Å². The smallest absolute Gasteiger partial charge is 0.332 e. The van der Waals surface area contributed by atoms with E-state index in [-0.39, 0.29) is 0 Å². The molecule has 0 aliphatic carbocycles. The van der Waals surface area contributed by atoms with Crippen molar-refractivity contribution in [3.05, 3.63) is 21.4 Å². The zero-order valence-electron chi connectivity index (χ0n) is 7.50. The van der Waals surface area contributed by atoms with E-state index in [1.165, 1.54) is 9.75 Å². The summed E-state index contributed by atoms with van der Waals surface area (Å²) < 4.78 is 0. The predicted molar refractivity (Wildman–Crippen MR) is 54.1 cm³/mol. The predicted octanol–water partition coefficient (Wildman–Crippen LogP) is 1.37. The maximum absolute atomic E-state index is 10.3. The van der Waals surface area contributed by atoms with Crippen LogP contribution in [0.5, 0.6) is 0 Å². The van der Waals surface area contributed by atoms with E-state index in [0.717, 1.165) is 5.56 Å². The molecule has 5 heteroatoms. The third-order valence-corrected chi connectivity index (χ3v) is 2.44. The summed E-state index contributed by atoms with van der Waals surface area (Å²) in [4.78, 5) is 12.7. The maximum atomic E-state index is 10.3. The number of nitrogens with zero attached hydrogens (tertiary/aromatic N) is 1. The standard InChI is InChI=1S/C8H11N3OS/c1-5-3-7(6(2)13-5)4-10-11-8(9)12/h3-4H,1-2H3,(H3,9,11,12)/b10-4+. The van der Waals surface area contributed by atoms with E-state index >= 15 is 0 Å². The number of hydrogen-bond acceptors (Lipinski definition) is 3. The van der Waals surface area contributed by atoms with Crippen LogP contribution >= 0.6 is 11.3 Å². The van der Waals surface area contributed by atoms with Gasteiger partial charge in [-0.15, -0.1) is 11.3 Å². The van der Waals surface area contributed by atoms with Crippen molar-refractivity contribution in [3.63, 3.8) is 0 Å². The van der Waals surface area contributed by atoms with Crippen LogP contribution in [0.4, 0.5) is 4.79 Å². The molecular weight excluding hydrogens is 186 g/mol. The van der Waals surface area contributed by atoms with Crippen LogP contribution in [0, 0.1) is 13.8 Å². The molecule has 1 heterocycles. The second-order valence-corrected chi connectivity index (χ2v) is 4.06. The Morgan fingerprint density at radius 1 is 1.69 bits per heavy atom. The summed E-state index contributed by atoms with van der Waals surface area (Å²) in [6, 6.07) is 1.35. The first-order valence-corrected chi connectivity index (χ1v) is 4.57. The minimum absolute atomic E-state index is 0.652. The number of nitrogens with two attached hydrogens (primary N) is 1. The molecule has 0 aliphatic heterocycles. The summed E-state index contributed by atoms with van der Waals surface area (Å²) in [5, 5.41) is 3.67. The third kappa shape index (κ3) is 2.87. The molecule has 1 rings (SSSR count). The molecule has 70 valence electrons. The van der Waals surface area contributed by atoms with Gasteiger partial charge in [-0.3, -0.25) is 0 Å². The molecule has 13 heavy (non-hydrogen) atoms. The van der Waals surface area contributed by atoms with E-state index in [4.69, 9.17) is 5.73 Å². The minimum Gasteiger partial charge on any atom is -0.350 e. The Bertz CT molecular complexity index is 343. The highest BCUT2D eigenvalue weighted by Crippen LogP contribution is 2.18. The van der Waals surface area contributed by atoms with Crippen molar-refractivity contribution < 1.29 is 4.79 Å². The Morgan fingerprint density at radius 2 is 2.38 bits per heavy atom. The van der Waals surface area contributed by atoms with E-state index in [9.17, 15) is 4.79 Å². The molecule has 4 nitrogen and oxygen atoms in total. The van der Waals surface area contributed by atoms with Gasteiger partial charge in [-0.1, -0.05) is 0 Å². The molecule has 1 aromatic heterocycles. The Morgan fingerprint density at radius 3 is 2.85 bits per heavy atom. The molecule has 0 aromatic carbocycles. The molecule has 0 radical (unpaired) electrons. The van der Waals surface area contributed by atoms with Crippen LogP contribution in [0.25, 0.3) is 0 Å². The molecule has 0 saturated heterocycles. The van der Waals surface area contributed by atoms with Crippen LogP contribution in [-0.4, -0.2) is 12.2 Å². The van der Waals surface area contributed by atoms with Crippen LogP contribution in [-0.2, 0) is 0 Å². The van der Waals surface area contributed by atoms with Gasteiger partial charge in [0.05, 0.1) is 6.21 Å². The monoisotopic (exact) mass is 197 g/mol. The largest absolute Gasteiger partial charge is 0.350 e. The summed E-state index contributed by atoms with van der Waals surface area (Å²) >= 11 is 1.69. The molecular formula is C8H11N3OS. The first kappa shape index (κ1) is 9.73. The number of carbonyl (C=O) groups is 1. The maximum Gasteiger partial charge on any atom is 0.332 e. The Labute approximate surface area is 80.4 Å². The number of aryl methyl sites for hydroxylation is 2. The van der Waals surface area contributed by atoms with Crippen molar-refractivity contribution in [1.82, 2.24) is 5.43 Å². The number of hydrogen-bond donors (Lipinski definition) is 2. The van der Waals surface area contributed by atoms with Crippen molar-refractivity contribution >= 4 is 23.6 Å². The van der Waals surface area contributed by atoms with Crippen molar-refractivity contribution in [3.8, 4) is 0 Å². The second kappa shape index (κ2) is 4.04. The fourth-order valence-corrected chi connectivity index (χ4v) is 1.84. The first-order chi connectivity index (χ1) is 6.09. The van der Waals surface area contributed by atoms with Gasteiger partial charge in [0, 0.05) is 15.3 Å². The van der Waals surface area contributed by atoms with Crippen LogP contribution in [0.3, 0.4) is 0 Å². The number of rotatable bonds is 2. The summed E-state index contributed by atoms with van der Waals surface area (Å²) in [5.41, 5.74) is 7.99. The van der Waals surface area contributed by atoms with Gasteiger partial charge in [0.15, 0.2) is 0 Å². The lowest BCUT2D eigenvalue weighted by atomic mass is 10.3. The Kier molecular flexibility index (Phi) is 3.02. The number of carbonyl (C=O) groups excluding carboxylic acids is 1. The van der Waals surface area contributed by atoms with Gasteiger partial charge in [0.25, 0.3) is 0 Å². The zero-order valence-corrected chi connectivity index (χ0v) is 8.31. The van der Waals surface area contributed by atoms with Crippen LogP contribution in [0.1, 0.15) is 15.3 Å². The van der Waals surface area contributed by atoms with E-state index in [0.29, 0.717) is 0 Å². The van der Waals surface area contributed by atoms with Crippen LogP contribution in [0.15, 0.2) is 11.2 Å². The van der Waals surface area contributed by atoms with Gasteiger partial charge < -0.3 is 5.73 Å². The average molecular weight is 197 g/mol. The molecule has 0 spiro atoms. The molecule has 0 bridgehead atoms. The molecule has 3 N–H and O–H groups in total. The van der Waals surface area contributed by atoms with E-state index in [2.05, 4.69) is 10.5 Å². The minimum atomic E-state index is -0.652.